The zero-order chi connectivity index (χ0) is 19.5. The Morgan fingerprint density at radius 1 is 1.08 bits per heavy atom. The van der Waals surface area contributed by atoms with Gasteiger partial charge in [-0.2, -0.15) is 0 Å². The Kier molecular flexibility index (Phi) is 6.08. The highest BCUT2D eigenvalue weighted by atomic mass is 32.2. The van der Waals surface area contributed by atoms with Gasteiger partial charge in [-0.15, -0.1) is 0 Å². The molecule has 0 radical (unpaired) electrons. The van der Waals surface area contributed by atoms with Gasteiger partial charge in [0, 0.05) is 6.54 Å². The Labute approximate surface area is 155 Å². The lowest BCUT2D eigenvalue weighted by Gasteiger charge is -2.28. The van der Waals surface area contributed by atoms with Crippen molar-refractivity contribution in [3.8, 4) is 0 Å². The minimum absolute atomic E-state index is 0.132. The summed E-state index contributed by atoms with van der Waals surface area (Å²) in [5.41, 5.74) is 3.21. The van der Waals surface area contributed by atoms with Crippen molar-refractivity contribution in [1.29, 1.82) is 0 Å². The Bertz CT molecular complexity index is 887. The highest BCUT2D eigenvalue weighted by Crippen LogP contribution is 2.28. The lowest BCUT2D eigenvalue weighted by molar-refractivity contribution is -0.136. The summed E-state index contributed by atoms with van der Waals surface area (Å²) in [5.74, 6) is -0.797. The third-order valence-corrected chi connectivity index (χ3v) is 5.81. The molecule has 2 rings (SSSR count). The molecule has 0 aliphatic carbocycles. The number of hydrogen-bond acceptors (Lipinski definition) is 3. The van der Waals surface area contributed by atoms with Crippen LogP contribution >= 0.6 is 0 Å². The summed E-state index contributed by atoms with van der Waals surface area (Å²) in [4.78, 5) is 11.0. The van der Waals surface area contributed by atoms with E-state index in [4.69, 9.17) is 5.11 Å². The molecule has 0 heterocycles. The summed E-state index contributed by atoms with van der Waals surface area (Å²) in [6, 6.07) is 11.8. The predicted octanol–water partition coefficient (Wildman–Crippen LogP) is 3.78. The number of sulfonamides is 1. The first-order chi connectivity index (χ1) is 12.1. The van der Waals surface area contributed by atoms with E-state index in [0.717, 1.165) is 11.1 Å². The van der Waals surface area contributed by atoms with E-state index in [1.165, 1.54) is 16.4 Å². The Balaban J connectivity index is 2.47. The molecular weight excluding hydrogens is 350 g/mol. The van der Waals surface area contributed by atoms with Gasteiger partial charge in [-0.05, 0) is 49.1 Å². The fraction of sp³-hybridized carbons (Fsp3) is 0.350. The first kappa shape index (κ1) is 20.0. The van der Waals surface area contributed by atoms with Crippen LogP contribution in [0.1, 0.15) is 30.5 Å². The van der Waals surface area contributed by atoms with E-state index in [9.17, 15) is 13.2 Å². The number of carbonyl (C=O) groups is 1. The molecule has 0 aromatic heterocycles. The van der Waals surface area contributed by atoms with Gasteiger partial charge in [-0.3, -0.25) is 9.10 Å². The highest BCUT2D eigenvalue weighted by Gasteiger charge is 2.26. The monoisotopic (exact) mass is 375 g/mol. The van der Waals surface area contributed by atoms with Crippen molar-refractivity contribution in [3.63, 3.8) is 0 Å². The summed E-state index contributed by atoms with van der Waals surface area (Å²) in [6.45, 7) is 8.19. The summed E-state index contributed by atoms with van der Waals surface area (Å²) >= 11 is 0. The molecule has 1 N–H and O–H groups in total. The molecule has 140 valence electrons. The molecule has 0 atom stereocenters. The van der Waals surface area contributed by atoms with Crippen LogP contribution in [-0.2, 0) is 21.2 Å². The second kappa shape index (κ2) is 7.91. The fourth-order valence-corrected chi connectivity index (χ4v) is 4.52. The zero-order valence-corrected chi connectivity index (χ0v) is 16.4. The molecule has 2 aromatic carbocycles. The number of carboxylic acids is 1. The van der Waals surface area contributed by atoms with Crippen molar-refractivity contribution in [2.75, 3.05) is 10.8 Å². The molecule has 0 aliphatic rings. The quantitative estimate of drug-likeness (QED) is 0.799. The van der Waals surface area contributed by atoms with Crippen molar-refractivity contribution in [3.05, 3.63) is 59.2 Å². The number of benzene rings is 2. The molecular formula is C20H25NO4S. The lowest BCUT2D eigenvalue weighted by Crippen LogP contribution is -2.34. The van der Waals surface area contributed by atoms with Gasteiger partial charge < -0.3 is 5.11 Å². The van der Waals surface area contributed by atoms with Crippen LogP contribution < -0.4 is 4.31 Å². The molecule has 0 saturated carbocycles. The lowest BCUT2D eigenvalue weighted by atomic mass is 10.1. The molecule has 0 aliphatic heterocycles. The van der Waals surface area contributed by atoms with Crippen LogP contribution in [0.15, 0.2) is 47.4 Å². The molecule has 26 heavy (non-hydrogen) atoms. The number of carboxylic acid groups (broad SMARTS) is 1. The van der Waals surface area contributed by atoms with E-state index < -0.39 is 16.0 Å². The van der Waals surface area contributed by atoms with Gasteiger partial charge in [-0.1, -0.05) is 43.7 Å². The van der Waals surface area contributed by atoms with Crippen LogP contribution in [0, 0.1) is 19.8 Å². The molecule has 2 aromatic rings. The highest BCUT2D eigenvalue weighted by molar-refractivity contribution is 7.92. The van der Waals surface area contributed by atoms with Crippen molar-refractivity contribution in [2.24, 2.45) is 5.92 Å². The minimum Gasteiger partial charge on any atom is -0.481 e. The summed E-state index contributed by atoms with van der Waals surface area (Å²) in [6.07, 6.45) is -0.132. The third-order valence-electron chi connectivity index (χ3n) is 4.02. The maximum absolute atomic E-state index is 13.2. The standard InChI is InChI=1S/C20H25NO4S/c1-14(2)13-21(19-10-5-15(3)11-16(19)4)26(24,25)18-8-6-17(7-9-18)12-20(22)23/h5-11,14H,12-13H2,1-4H3,(H,22,23). The van der Waals surface area contributed by atoms with E-state index in [0.29, 0.717) is 17.8 Å². The minimum atomic E-state index is -3.74. The maximum Gasteiger partial charge on any atom is 0.307 e. The molecule has 0 saturated heterocycles. The Morgan fingerprint density at radius 3 is 2.19 bits per heavy atom. The molecule has 0 bridgehead atoms. The predicted molar refractivity (Wildman–Crippen MR) is 103 cm³/mol. The fourth-order valence-electron chi connectivity index (χ4n) is 2.82. The first-order valence-corrected chi connectivity index (χ1v) is 9.96. The van der Waals surface area contributed by atoms with Gasteiger partial charge in [0.15, 0.2) is 0 Å². The molecule has 0 amide bonds. The molecule has 6 heteroatoms. The largest absolute Gasteiger partial charge is 0.481 e. The van der Waals surface area contributed by atoms with Crippen LogP contribution in [0.25, 0.3) is 0 Å². The number of nitrogens with zero attached hydrogens (tertiary/aromatic N) is 1. The van der Waals surface area contributed by atoms with E-state index in [-0.39, 0.29) is 17.2 Å². The summed E-state index contributed by atoms with van der Waals surface area (Å²) in [7, 11) is -3.74. The van der Waals surface area contributed by atoms with Crippen LogP contribution in [0.4, 0.5) is 5.69 Å². The number of hydrogen-bond donors (Lipinski definition) is 1. The third kappa shape index (κ3) is 4.64. The molecule has 5 nitrogen and oxygen atoms in total. The van der Waals surface area contributed by atoms with Crippen molar-refractivity contribution in [2.45, 2.75) is 39.0 Å². The van der Waals surface area contributed by atoms with Gasteiger partial charge in [0.05, 0.1) is 17.0 Å². The first-order valence-electron chi connectivity index (χ1n) is 8.52. The second-order valence-corrected chi connectivity index (χ2v) is 8.80. The summed E-state index contributed by atoms with van der Waals surface area (Å²) < 4.78 is 27.9. The van der Waals surface area contributed by atoms with Crippen molar-refractivity contribution < 1.29 is 18.3 Å². The zero-order valence-electron chi connectivity index (χ0n) is 15.6. The van der Waals surface area contributed by atoms with E-state index in [2.05, 4.69) is 0 Å². The average molecular weight is 375 g/mol. The van der Waals surface area contributed by atoms with Crippen molar-refractivity contribution in [1.82, 2.24) is 0 Å². The van der Waals surface area contributed by atoms with Crippen LogP contribution in [0.2, 0.25) is 0 Å². The number of rotatable bonds is 7. The van der Waals surface area contributed by atoms with Gasteiger partial charge in [-0.25, -0.2) is 8.42 Å². The summed E-state index contributed by atoms with van der Waals surface area (Å²) in [5, 5.41) is 8.86. The average Bonchev–Trinajstić information content (AvgIpc) is 2.53. The van der Waals surface area contributed by atoms with Gasteiger partial charge in [0.25, 0.3) is 10.0 Å². The second-order valence-electron chi connectivity index (χ2n) is 6.93. The number of anilines is 1. The van der Waals surface area contributed by atoms with Gasteiger partial charge >= 0.3 is 5.97 Å². The van der Waals surface area contributed by atoms with Gasteiger partial charge in [0.2, 0.25) is 0 Å². The van der Waals surface area contributed by atoms with E-state index >= 15 is 0 Å². The number of aliphatic carboxylic acids is 1. The maximum atomic E-state index is 13.2. The molecule has 0 spiro atoms. The van der Waals surface area contributed by atoms with Gasteiger partial charge in [0.1, 0.15) is 0 Å². The van der Waals surface area contributed by atoms with Crippen LogP contribution in [0.3, 0.4) is 0 Å². The number of aryl methyl sites for hydroxylation is 2. The van der Waals surface area contributed by atoms with Crippen LogP contribution in [-0.4, -0.2) is 26.0 Å². The Hall–Kier alpha value is -2.34. The smallest absolute Gasteiger partial charge is 0.307 e. The van der Waals surface area contributed by atoms with E-state index in [1.54, 1.807) is 12.1 Å². The SMILES string of the molecule is Cc1ccc(N(CC(C)C)S(=O)(=O)c2ccc(CC(=O)O)cc2)c(C)c1. The molecule has 0 fully saturated rings. The van der Waals surface area contributed by atoms with Crippen LogP contribution in [0.5, 0.6) is 0 Å². The topological polar surface area (TPSA) is 74.7 Å². The Morgan fingerprint density at radius 2 is 1.69 bits per heavy atom. The van der Waals surface area contributed by atoms with Crippen molar-refractivity contribution >= 4 is 21.7 Å². The normalized spacial score (nSPS) is 11.6. The molecule has 0 unspecified atom stereocenters. The van der Waals surface area contributed by atoms with E-state index in [1.807, 2.05) is 45.9 Å².